The summed E-state index contributed by atoms with van der Waals surface area (Å²) in [6, 6.07) is 11.3. The first-order valence-corrected chi connectivity index (χ1v) is 13.2. The van der Waals surface area contributed by atoms with Crippen LogP contribution in [-0.4, -0.2) is 64.1 Å². The first-order valence-electron chi connectivity index (χ1n) is 12.5. The Labute approximate surface area is 231 Å². The second-order valence-corrected chi connectivity index (χ2v) is 10.3. The average molecular weight is 561 g/mol. The van der Waals surface area contributed by atoms with Crippen molar-refractivity contribution in [3.05, 3.63) is 75.3 Å². The number of ether oxygens (including phenoxy) is 1. The maximum absolute atomic E-state index is 13.5. The van der Waals surface area contributed by atoms with Crippen molar-refractivity contribution in [3.63, 3.8) is 0 Å². The van der Waals surface area contributed by atoms with Crippen LogP contribution in [0.15, 0.2) is 54.1 Å². The van der Waals surface area contributed by atoms with Gasteiger partial charge in [-0.3, -0.25) is 9.59 Å². The molecule has 202 valence electrons. The Bertz CT molecular complexity index is 1250. The number of rotatable bonds is 10. The fourth-order valence-corrected chi connectivity index (χ4v) is 5.48. The van der Waals surface area contributed by atoms with Gasteiger partial charge >= 0.3 is 0 Å². The van der Waals surface area contributed by atoms with E-state index < -0.39 is 30.1 Å². The van der Waals surface area contributed by atoms with Gasteiger partial charge in [-0.25, -0.2) is 0 Å². The number of hydrogen-bond acceptors (Lipinski definition) is 6. The Morgan fingerprint density at radius 3 is 2.58 bits per heavy atom. The van der Waals surface area contributed by atoms with Crippen LogP contribution < -0.4 is 10.1 Å². The normalized spacial score (nSPS) is 21.6. The van der Waals surface area contributed by atoms with Crippen molar-refractivity contribution >= 4 is 40.8 Å². The number of benzene rings is 2. The van der Waals surface area contributed by atoms with E-state index in [0.29, 0.717) is 33.4 Å². The number of halogens is 2. The minimum Gasteiger partial charge on any atom is -0.486 e. The van der Waals surface area contributed by atoms with Crippen molar-refractivity contribution in [2.75, 3.05) is 13.2 Å². The van der Waals surface area contributed by atoms with Gasteiger partial charge in [0.05, 0.1) is 18.6 Å². The first kappa shape index (κ1) is 28.1. The summed E-state index contributed by atoms with van der Waals surface area (Å²) in [6.45, 7) is 1.33. The zero-order valence-corrected chi connectivity index (χ0v) is 22.4. The molecular weight excluding hydrogens is 531 g/mol. The zero-order chi connectivity index (χ0) is 27.4. The number of nitrogens with zero attached hydrogens (tertiary/aromatic N) is 1. The highest BCUT2D eigenvalue weighted by Gasteiger charge is 2.50. The van der Waals surface area contributed by atoms with Crippen LogP contribution in [0, 0.1) is 0 Å². The third-order valence-corrected chi connectivity index (χ3v) is 7.42. The minimum atomic E-state index is -1.16. The van der Waals surface area contributed by atoms with Gasteiger partial charge in [0.2, 0.25) is 11.8 Å². The molecule has 0 unspecified atom stereocenters. The summed E-state index contributed by atoms with van der Waals surface area (Å²) >= 11 is 12.5. The summed E-state index contributed by atoms with van der Waals surface area (Å²) in [5.74, 6) is -0.736. The molecule has 4 atom stereocenters. The topological polar surface area (TPSA) is 116 Å². The maximum atomic E-state index is 13.5. The molecule has 0 fully saturated rings. The molecule has 10 heteroatoms. The van der Waals surface area contributed by atoms with E-state index >= 15 is 0 Å². The van der Waals surface area contributed by atoms with Crippen LogP contribution in [0.5, 0.6) is 5.75 Å². The monoisotopic (exact) mass is 560 g/mol. The Morgan fingerprint density at radius 2 is 1.87 bits per heavy atom. The third kappa shape index (κ3) is 6.04. The molecule has 0 saturated carbocycles. The fourth-order valence-electron chi connectivity index (χ4n) is 5.02. The van der Waals surface area contributed by atoms with E-state index in [1.807, 2.05) is 18.2 Å². The van der Waals surface area contributed by atoms with Gasteiger partial charge in [-0.2, -0.15) is 0 Å². The number of aliphatic hydroxyl groups excluding tert-OH is 2. The highest BCUT2D eigenvalue weighted by atomic mass is 35.5. The molecule has 38 heavy (non-hydrogen) atoms. The molecule has 2 aromatic rings. The predicted molar refractivity (Wildman–Crippen MR) is 143 cm³/mol. The van der Waals surface area contributed by atoms with Crippen molar-refractivity contribution in [2.24, 2.45) is 0 Å². The summed E-state index contributed by atoms with van der Waals surface area (Å²) in [5, 5.41) is 24.3. The smallest absolute Gasteiger partial charge is 0.247 e. The lowest BCUT2D eigenvalue weighted by Gasteiger charge is -2.41. The summed E-state index contributed by atoms with van der Waals surface area (Å²) in [7, 11) is 0. The lowest BCUT2D eigenvalue weighted by Crippen LogP contribution is -2.55. The molecule has 1 heterocycles. The van der Waals surface area contributed by atoms with E-state index in [1.165, 1.54) is 11.8 Å². The van der Waals surface area contributed by atoms with Crippen molar-refractivity contribution < 1.29 is 29.3 Å². The van der Waals surface area contributed by atoms with Crippen LogP contribution in [0.3, 0.4) is 0 Å². The molecule has 8 nitrogen and oxygen atoms in total. The molecule has 4 rings (SSSR count). The van der Waals surface area contributed by atoms with Crippen LogP contribution in [0.2, 0.25) is 10.0 Å². The van der Waals surface area contributed by atoms with Gasteiger partial charge in [0.1, 0.15) is 23.7 Å². The number of carbonyl (C=O) groups excluding carboxylic acids is 3. The van der Waals surface area contributed by atoms with E-state index in [9.17, 15) is 24.6 Å². The number of nitrogens with one attached hydrogen (secondary N) is 1. The average Bonchev–Trinajstić information content (AvgIpc) is 3.27. The van der Waals surface area contributed by atoms with Crippen LogP contribution in [0.1, 0.15) is 43.2 Å². The van der Waals surface area contributed by atoms with E-state index in [4.69, 9.17) is 27.9 Å². The van der Waals surface area contributed by atoms with E-state index in [0.717, 1.165) is 5.56 Å². The molecular formula is C28H30Cl2N2O6. The number of ketones is 1. The van der Waals surface area contributed by atoms with Crippen molar-refractivity contribution in [3.8, 4) is 5.75 Å². The quantitative estimate of drug-likeness (QED) is 0.410. The van der Waals surface area contributed by atoms with E-state index in [1.54, 1.807) is 30.3 Å². The number of carbonyl (C=O) groups is 3. The summed E-state index contributed by atoms with van der Waals surface area (Å²) in [4.78, 5) is 39.7. The summed E-state index contributed by atoms with van der Waals surface area (Å²) < 4.78 is 6.12. The van der Waals surface area contributed by atoms with Gasteiger partial charge in [0.15, 0.2) is 0 Å². The minimum absolute atomic E-state index is 0.0227. The number of para-hydroxylation sites is 1. The lowest BCUT2D eigenvalue weighted by molar-refractivity contribution is -0.138. The number of aliphatic hydroxyl groups is 2. The van der Waals surface area contributed by atoms with E-state index in [2.05, 4.69) is 5.32 Å². The molecule has 0 spiro atoms. The fraction of sp³-hybridized carbons (Fsp3) is 0.393. The van der Waals surface area contributed by atoms with E-state index in [-0.39, 0.29) is 44.2 Å². The zero-order valence-electron chi connectivity index (χ0n) is 20.9. The molecule has 0 aromatic heterocycles. The van der Waals surface area contributed by atoms with Gasteiger partial charge in [-0.15, -0.1) is 0 Å². The largest absolute Gasteiger partial charge is 0.486 e. The maximum Gasteiger partial charge on any atom is 0.247 e. The van der Waals surface area contributed by atoms with Crippen LogP contribution in [0.25, 0.3) is 0 Å². The molecule has 3 N–H and O–H groups in total. The Morgan fingerprint density at radius 1 is 1.11 bits per heavy atom. The number of amides is 2. The Balaban J connectivity index is 1.74. The second kappa shape index (κ2) is 12.3. The molecule has 0 bridgehead atoms. The van der Waals surface area contributed by atoms with Crippen molar-refractivity contribution in [1.82, 2.24) is 10.2 Å². The van der Waals surface area contributed by atoms with Crippen LogP contribution in [0.4, 0.5) is 0 Å². The standard InChI is InChI=1S/C28H30Cl2N2O6/c1-16(34)5-4-8-24(35)32(15-17-9-10-18(29)13-21(17)30)22-14-20(28(37)31-11-12-33)25-19-6-2-3-7-23(19)38-27(25)26(22)36/h2-3,6-7,9-10,13-14,22,25-27,33,36H,4-5,8,11-12,15H2,1H3,(H,31,37)/t22-,25+,26+,27+/m1/s1. The van der Waals surface area contributed by atoms with Crippen LogP contribution >= 0.6 is 23.2 Å². The summed E-state index contributed by atoms with van der Waals surface area (Å²) in [5.41, 5.74) is 1.72. The van der Waals surface area contributed by atoms with Crippen molar-refractivity contribution in [2.45, 2.75) is 56.9 Å². The molecule has 0 radical (unpaired) electrons. The summed E-state index contributed by atoms with van der Waals surface area (Å²) in [6.07, 6.45) is 0.306. The molecule has 2 amide bonds. The van der Waals surface area contributed by atoms with Gasteiger partial charge < -0.3 is 30.0 Å². The molecule has 1 aliphatic carbocycles. The highest BCUT2D eigenvalue weighted by molar-refractivity contribution is 6.35. The van der Waals surface area contributed by atoms with Crippen LogP contribution in [-0.2, 0) is 20.9 Å². The predicted octanol–water partition coefficient (Wildman–Crippen LogP) is 3.40. The molecule has 2 aromatic carbocycles. The van der Waals surface area contributed by atoms with Gasteiger partial charge in [0.25, 0.3) is 0 Å². The van der Waals surface area contributed by atoms with Gasteiger partial charge in [-0.05, 0) is 43.2 Å². The highest BCUT2D eigenvalue weighted by Crippen LogP contribution is 2.47. The van der Waals surface area contributed by atoms with Gasteiger partial charge in [-0.1, -0.05) is 47.5 Å². The molecule has 2 aliphatic rings. The van der Waals surface area contributed by atoms with Crippen molar-refractivity contribution in [1.29, 1.82) is 0 Å². The number of fused-ring (bicyclic) bond motifs is 3. The second-order valence-electron chi connectivity index (χ2n) is 9.49. The lowest BCUT2D eigenvalue weighted by atomic mass is 9.77. The Kier molecular flexibility index (Phi) is 9.10. The molecule has 0 saturated heterocycles. The Hall–Kier alpha value is -2.91. The third-order valence-electron chi connectivity index (χ3n) is 6.83. The number of hydrogen-bond donors (Lipinski definition) is 3. The molecule has 1 aliphatic heterocycles. The SMILES string of the molecule is CC(=O)CCCC(=O)N(Cc1ccc(Cl)cc1Cl)[C@@H]1C=C(C(=O)NCCO)[C@@H]2c3ccccc3O[C@@H]2[C@H]1O. The number of Topliss-reactive ketones (excluding diaryl/α,β-unsaturated/α-hetero) is 1. The van der Waals surface area contributed by atoms with Gasteiger partial charge in [0, 0.05) is 47.1 Å². The first-order chi connectivity index (χ1) is 18.2.